The Labute approximate surface area is 120 Å². The molecule has 0 spiro atoms. The lowest BCUT2D eigenvalue weighted by atomic mass is 10.1. The maximum atomic E-state index is 9.27. The molecule has 108 valence electrons. The molecule has 1 aromatic carbocycles. The van der Waals surface area contributed by atoms with Gasteiger partial charge in [-0.3, -0.25) is 4.98 Å². The molecular weight excluding hydrogens is 250 g/mol. The fourth-order valence-corrected chi connectivity index (χ4v) is 2.28. The minimum absolute atomic E-state index is 0.0578. The average Bonchev–Trinajstić information content (AvgIpc) is 2.50. The molecule has 3 heteroatoms. The number of fused-ring (bicyclic) bond motifs is 1. The van der Waals surface area contributed by atoms with Crippen molar-refractivity contribution < 1.29 is 9.84 Å². The smallest absolute Gasteiger partial charge is 0.130 e. The van der Waals surface area contributed by atoms with Gasteiger partial charge < -0.3 is 9.84 Å². The van der Waals surface area contributed by atoms with Crippen LogP contribution < -0.4 is 4.74 Å². The van der Waals surface area contributed by atoms with Crippen LogP contribution in [0.25, 0.3) is 10.9 Å². The van der Waals surface area contributed by atoms with Gasteiger partial charge in [0, 0.05) is 11.5 Å². The predicted octanol–water partition coefficient (Wildman–Crippen LogP) is 4.08. The summed E-state index contributed by atoms with van der Waals surface area (Å²) in [5, 5.41) is 10.3. The van der Waals surface area contributed by atoms with Crippen LogP contribution in [0.5, 0.6) is 5.75 Å². The molecule has 0 amide bonds. The summed E-state index contributed by atoms with van der Waals surface area (Å²) in [7, 11) is 0. The number of benzene rings is 1. The molecule has 1 heterocycles. The molecule has 2 rings (SSSR count). The van der Waals surface area contributed by atoms with Crippen molar-refractivity contribution in [2.24, 2.45) is 0 Å². The number of ether oxygens (including phenoxy) is 1. The molecule has 0 radical (unpaired) electrons. The van der Waals surface area contributed by atoms with Crippen LogP contribution in [0.1, 0.15) is 44.7 Å². The van der Waals surface area contributed by atoms with Gasteiger partial charge >= 0.3 is 0 Å². The summed E-state index contributed by atoms with van der Waals surface area (Å²) < 4.78 is 5.89. The van der Waals surface area contributed by atoms with Gasteiger partial charge in [-0.05, 0) is 18.6 Å². The molecule has 2 aromatic rings. The standard InChI is InChI=1S/C17H23NO2/c1-2-3-4-5-8-11-20-17-12-14(13-19)18-16-10-7-6-9-15(16)17/h6-7,9-10,12,19H,2-5,8,11,13H2,1H3. The van der Waals surface area contributed by atoms with E-state index in [4.69, 9.17) is 4.74 Å². The van der Waals surface area contributed by atoms with E-state index < -0.39 is 0 Å². The third-order valence-electron chi connectivity index (χ3n) is 3.40. The summed E-state index contributed by atoms with van der Waals surface area (Å²) in [6.45, 7) is 2.89. The van der Waals surface area contributed by atoms with Crippen molar-refractivity contribution >= 4 is 10.9 Å². The van der Waals surface area contributed by atoms with E-state index in [9.17, 15) is 5.11 Å². The monoisotopic (exact) mass is 273 g/mol. The molecule has 0 atom stereocenters. The number of hydrogen-bond donors (Lipinski definition) is 1. The molecule has 1 aromatic heterocycles. The van der Waals surface area contributed by atoms with Crippen molar-refractivity contribution in [2.45, 2.75) is 45.6 Å². The summed E-state index contributed by atoms with van der Waals surface area (Å²) >= 11 is 0. The summed E-state index contributed by atoms with van der Waals surface area (Å²) in [5.74, 6) is 0.829. The number of pyridine rings is 1. The highest BCUT2D eigenvalue weighted by Gasteiger charge is 2.06. The van der Waals surface area contributed by atoms with Crippen LogP contribution in [-0.2, 0) is 6.61 Å². The number of nitrogens with zero attached hydrogens (tertiary/aromatic N) is 1. The van der Waals surface area contributed by atoms with E-state index in [1.165, 1.54) is 25.7 Å². The Morgan fingerprint density at radius 3 is 2.70 bits per heavy atom. The van der Waals surface area contributed by atoms with Gasteiger partial charge in [-0.1, -0.05) is 44.7 Å². The van der Waals surface area contributed by atoms with Crippen LogP contribution in [0.15, 0.2) is 30.3 Å². The molecule has 0 saturated heterocycles. The molecule has 0 saturated carbocycles. The number of hydrogen-bond acceptors (Lipinski definition) is 3. The topological polar surface area (TPSA) is 42.4 Å². The van der Waals surface area contributed by atoms with Gasteiger partial charge in [-0.2, -0.15) is 0 Å². The maximum Gasteiger partial charge on any atom is 0.130 e. The zero-order valence-corrected chi connectivity index (χ0v) is 12.1. The van der Waals surface area contributed by atoms with Crippen LogP contribution in [0, 0.1) is 0 Å². The zero-order valence-electron chi connectivity index (χ0n) is 12.1. The second-order valence-electron chi connectivity index (χ2n) is 5.05. The van der Waals surface area contributed by atoms with Gasteiger partial charge in [0.25, 0.3) is 0 Å². The van der Waals surface area contributed by atoms with Gasteiger partial charge in [-0.25, -0.2) is 0 Å². The fourth-order valence-electron chi connectivity index (χ4n) is 2.28. The Bertz CT molecular complexity index is 540. The summed E-state index contributed by atoms with van der Waals surface area (Å²) in [5.41, 5.74) is 1.53. The first kappa shape index (κ1) is 14.8. The first-order chi connectivity index (χ1) is 9.85. The molecule has 0 fully saturated rings. The minimum Gasteiger partial charge on any atom is -0.493 e. The Balaban J connectivity index is 2.01. The van der Waals surface area contributed by atoms with Gasteiger partial charge in [0.1, 0.15) is 5.75 Å². The zero-order chi connectivity index (χ0) is 14.2. The lowest BCUT2D eigenvalue weighted by Gasteiger charge is -2.10. The first-order valence-electron chi connectivity index (χ1n) is 7.47. The van der Waals surface area contributed by atoms with E-state index in [1.54, 1.807) is 0 Å². The van der Waals surface area contributed by atoms with Crippen LogP contribution >= 0.6 is 0 Å². The second kappa shape index (κ2) is 7.85. The van der Waals surface area contributed by atoms with Gasteiger partial charge in [0.2, 0.25) is 0 Å². The number of aromatic nitrogens is 1. The fraction of sp³-hybridized carbons (Fsp3) is 0.471. The van der Waals surface area contributed by atoms with E-state index in [1.807, 2.05) is 30.3 Å². The second-order valence-corrected chi connectivity index (χ2v) is 5.05. The predicted molar refractivity (Wildman–Crippen MR) is 81.9 cm³/mol. The van der Waals surface area contributed by atoms with Gasteiger partial charge in [-0.15, -0.1) is 0 Å². The quantitative estimate of drug-likeness (QED) is 0.737. The molecule has 1 N–H and O–H groups in total. The van der Waals surface area contributed by atoms with E-state index in [2.05, 4.69) is 11.9 Å². The van der Waals surface area contributed by atoms with Crippen molar-refractivity contribution in [2.75, 3.05) is 6.61 Å². The molecule has 3 nitrogen and oxygen atoms in total. The summed E-state index contributed by atoms with van der Waals surface area (Å²) in [6, 6.07) is 9.73. The van der Waals surface area contributed by atoms with E-state index >= 15 is 0 Å². The van der Waals surface area contributed by atoms with Gasteiger partial charge in [0.05, 0.1) is 24.4 Å². The molecule has 0 aliphatic heterocycles. The highest BCUT2D eigenvalue weighted by atomic mass is 16.5. The number of rotatable bonds is 8. The van der Waals surface area contributed by atoms with Crippen molar-refractivity contribution in [1.82, 2.24) is 4.98 Å². The molecule has 0 aliphatic carbocycles. The van der Waals surface area contributed by atoms with Crippen molar-refractivity contribution in [1.29, 1.82) is 0 Å². The van der Waals surface area contributed by atoms with Crippen molar-refractivity contribution in [3.05, 3.63) is 36.0 Å². The van der Waals surface area contributed by atoms with Gasteiger partial charge in [0.15, 0.2) is 0 Å². The van der Waals surface area contributed by atoms with Crippen LogP contribution in [-0.4, -0.2) is 16.7 Å². The number of para-hydroxylation sites is 1. The summed E-state index contributed by atoms with van der Waals surface area (Å²) in [6.07, 6.45) is 6.12. The number of aliphatic hydroxyl groups excluding tert-OH is 1. The lowest BCUT2D eigenvalue weighted by Crippen LogP contribution is -2.00. The third kappa shape index (κ3) is 3.94. The van der Waals surface area contributed by atoms with E-state index in [0.29, 0.717) is 5.69 Å². The van der Waals surface area contributed by atoms with Crippen molar-refractivity contribution in [3.8, 4) is 5.75 Å². The SMILES string of the molecule is CCCCCCCOc1cc(CO)nc2ccccc12. The third-order valence-corrected chi connectivity index (χ3v) is 3.40. The van der Waals surface area contributed by atoms with Crippen LogP contribution in [0.3, 0.4) is 0 Å². The molecule has 0 bridgehead atoms. The largest absolute Gasteiger partial charge is 0.493 e. The molecule has 20 heavy (non-hydrogen) atoms. The Morgan fingerprint density at radius 2 is 1.90 bits per heavy atom. The highest BCUT2D eigenvalue weighted by Crippen LogP contribution is 2.25. The molecule has 0 unspecified atom stereocenters. The Kier molecular flexibility index (Phi) is 5.81. The maximum absolute atomic E-state index is 9.27. The normalized spacial score (nSPS) is 10.9. The first-order valence-corrected chi connectivity index (χ1v) is 7.47. The lowest BCUT2D eigenvalue weighted by molar-refractivity contribution is 0.274. The van der Waals surface area contributed by atoms with E-state index in [0.717, 1.165) is 29.7 Å². The Morgan fingerprint density at radius 1 is 1.10 bits per heavy atom. The highest BCUT2D eigenvalue weighted by molar-refractivity contribution is 5.85. The molecule has 0 aliphatic rings. The van der Waals surface area contributed by atoms with Crippen LogP contribution in [0.4, 0.5) is 0 Å². The number of unbranched alkanes of at least 4 members (excludes halogenated alkanes) is 4. The summed E-state index contributed by atoms with van der Waals surface area (Å²) in [4.78, 5) is 4.39. The number of aliphatic hydroxyl groups is 1. The van der Waals surface area contributed by atoms with E-state index in [-0.39, 0.29) is 6.61 Å². The average molecular weight is 273 g/mol. The minimum atomic E-state index is -0.0578. The Hall–Kier alpha value is -1.61. The van der Waals surface area contributed by atoms with Crippen LogP contribution in [0.2, 0.25) is 0 Å². The van der Waals surface area contributed by atoms with Crippen molar-refractivity contribution in [3.63, 3.8) is 0 Å². The molecular formula is C17H23NO2.